The van der Waals surface area contributed by atoms with E-state index in [4.69, 9.17) is 11.6 Å². The van der Waals surface area contributed by atoms with Crippen molar-refractivity contribution in [2.75, 3.05) is 10.6 Å². The first-order chi connectivity index (χ1) is 11.5. The topological polar surface area (TPSA) is 84.0 Å². The van der Waals surface area contributed by atoms with E-state index in [1.165, 1.54) is 0 Å². The average Bonchev–Trinajstić information content (AvgIpc) is 2.55. The van der Waals surface area contributed by atoms with Gasteiger partial charge in [-0.3, -0.25) is 9.59 Å². The van der Waals surface area contributed by atoms with Gasteiger partial charge in [-0.1, -0.05) is 38.3 Å². The van der Waals surface area contributed by atoms with Crippen LogP contribution >= 0.6 is 11.6 Å². The number of nitrogens with zero attached hydrogens (tertiary/aromatic N) is 2. The molecule has 6 nitrogen and oxygen atoms in total. The molecule has 0 fully saturated rings. The Morgan fingerprint density at radius 2 is 1.67 bits per heavy atom. The SMILES string of the molecule is CCCCCC(=O)Nc1nc2cc(Cl)ccc2nc1NC(=O)CC. The molecule has 0 atom stereocenters. The third-order valence-corrected chi connectivity index (χ3v) is 3.71. The first-order valence-electron chi connectivity index (χ1n) is 8.10. The number of carbonyl (C=O) groups is 2. The number of benzene rings is 1. The van der Waals surface area contributed by atoms with Crippen LogP contribution in [0.15, 0.2) is 18.2 Å². The summed E-state index contributed by atoms with van der Waals surface area (Å²) in [6.45, 7) is 3.82. The number of carbonyl (C=O) groups excluding carboxylic acids is 2. The minimum absolute atomic E-state index is 0.147. The number of fused-ring (bicyclic) bond motifs is 1. The summed E-state index contributed by atoms with van der Waals surface area (Å²) in [5.74, 6) is 0.152. The minimum Gasteiger partial charge on any atom is -0.308 e. The zero-order valence-corrected chi connectivity index (χ0v) is 14.6. The van der Waals surface area contributed by atoms with E-state index < -0.39 is 0 Å². The lowest BCUT2D eigenvalue weighted by molar-refractivity contribution is -0.117. The van der Waals surface area contributed by atoms with Crippen molar-refractivity contribution in [3.63, 3.8) is 0 Å². The van der Waals surface area contributed by atoms with Crippen LogP contribution in [0.5, 0.6) is 0 Å². The Morgan fingerprint density at radius 1 is 1.00 bits per heavy atom. The number of anilines is 2. The molecule has 0 bridgehead atoms. The molecule has 0 unspecified atom stereocenters. The Labute approximate surface area is 146 Å². The molecule has 128 valence electrons. The number of halogens is 1. The molecule has 2 aromatic rings. The average molecular weight is 349 g/mol. The van der Waals surface area contributed by atoms with Gasteiger partial charge in [0, 0.05) is 17.9 Å². The minimum atomic E-state index is -0.195. The largest absolute Gasteiger partial charge is 0.308 e. The molecule has 1 aromatic carbocycles. The maximum atomic E-state index is 12.1. The molecule has 0 saturated carbocycles. The van der Waals surface area contributed by atoms with Crippen molar-refractivity contribution < 1.29 is 9.59 Å². The van der Waals surface area contributed by atoms with Gasteiger partial charge in [-0.25, -0.2) is 9.97 Å². The van der Waals surface area contributed by atoms with Gasteiger partial charge in [0.2, 0.25) is 11.8 Å². The van der Waals surface area contributed by atoms with E-state index in [1.807, 2.05) is 0 Å². The number of hydrogen-bond donors (Lipinski definition) is 2. The molecule has 24 heavy (non-hydrogen) atoms. The van der Waals surface area contributed by atoms with Gasteiger partial charge in [0.15, 0.2) is 11.6 Å². The van der Waals surface area contributed by atoms with Crippen molar-refractivity contribution >= 4 is 46.1 Å². The van der Waals surface area contributed by atoms with Gasteiger partial charge in [0.25, 0.3) is 0 Å². The van der Waals surface area contributed by atoms with Gasteiger partial charge in [0.1, 0.15) is 0 Å². The predicted molar refractivity (Wildman–Crippen MR) is 96.2 cm³/mol. The van der Waals surface area contributed by atoms with E-state index in [0.29, 0.717) is 28.9 Å². The summed E-state index contributed by atoms with van der Waals surface area (Å²) >= 11 is 5.98. The van der Waals surface area contributed by atoms with Crippen molar-refractivity contribution in [2.24, 2.45) is 0 Å². The molecule has 2 amide bonds. The van der Waals surface area contributed by atoms with Crippen LogP contribution < -0.4 is 10.6 Å². The van der Waals surface area contributed by atoms with E-state index >= 15 is 0 Å². The molecule has 2 N–H and O–H groups in total. The van der Waals surface area contributed by atoms with Crippen LogP contribution in [0.1, 0.15) is 46.0 Å². The van der Waals surface area contributed by atoms with Gasteiger partial charge in [-0.15, -0.1) is 0 Å². The highest BCUT2D eigenvalue weighted by Crippen LogP contribution is 2.24. The number of rotatable bonds is 7. The fourth-order valence-electron chi connectivity index (χ4n) is 2.15. The molecule has 0 saturated heterocycles. The molecule has 7 heteroatoms. The van der Waals surface area contributed by atoms with Crippen LogP contribution in [0, 0.1) is 0 Å². The van der Waals surface area contributed by atoms with Crippen molar-refractivity contribution in [2.45, 2.75) is 46.0 Å². The zero-order valence-electron chi connectivity index (χ0n) is 13.9. The maximum Gasteiger partial charge on any atom is 0.225 e. The second-order valence-electron chi connectivity index (χ2n) is 5.46. The fraction of sp³-hybridized carbons (Fsp3) is 0.412. The normalized spacial score (nSPS) is 10.6. The first-order valence-corrected chi connectivity index (χ1v) is 8.48. The molecular formula is C17H21ClN4O2. The molecule has 1 aromatic heterocycles. The second-order valence-corrected chi connectivity index (χ2v) is 5.90. The summed E-state index contributed by atoms with van der Waals surface area (Å²) in [6.07, 6.45) is 3.56. The number of nitrogens with one attached hydrogen (secondary N) is 2. The standard InChI is InChI=1S/C17H21ClN4O2/c1-3-5-6-7-15(24)22-17-16(21-14(23)4-2)19-12-9-8-11(18)10-13(12)20-17/h8-10H,3-7H2,1-2H3,(H,19,21,23)(H,20,22,24). The highest BCUT2D eigenvalue weighted by atomic mass is 35.5. The number of hydrogen-bond acceptors (Lipinski definition) is 4. The summed E-state index contributed by atoms with van der Waals surface area (Å²) in [4.78, 5) is 32.6. The zero-order chi connectivity index (χ0) is 17.5. The van der Waals surface area contributed by atoms with Gasteiger partial charge in [-0.05, 0) is 24.6 Å². The number of aromatic nitrogens is 2. The van der Waals surface area contributed by atoms with Gasteiger partial charge >= 0.3 is 0 Å². The molecule has 2 rings (SSSR count). The predicted octanol–water partition coefficient (Wildman–Crippen LogP) is 4.15. The van der Waals surface area contributed by atoms with Crippen LogP contribution in [0.3, 0.4) is 0 Å². The van der Waals surface area contributed by atoms with E-state index in [9.17, 15) is 9.59 Å². The van der Waals surface area contributed by atoms with Crippen molar-refractivity contribution in [1.29, 1.82) is 0 Å². The first kappa shape index (κ1) is 18.1. The monoisotopic (exact) mass is 348 g/mol. The highest BCUT2D eigenvalue weighted by Gasteiger charge is 2.14. The van der Waals surface area contributed by atoms with Crippen molar-refractivity contribution in [3.8, 4) is 0 Å². The van der Waals surface area contributed by atoms with E-state index in [1.54, 1.807) is 25.1 Å². The molecule has 0 aliphatic carbocycles. The number of unbranched alkanes of at least 4 members (excludes halogenated alkanes) is 2. The Balaban J connectivity index is 2.30. The van der Waals surface area contributed by atoms with Crippen LogP contribution in [0.2, 0.25) is 5.02 Å². The Morgan fingerprint density at radius 3 is 2.33 bits per heavy atom. The lowest BCUT2D eigenvalue weighted by atomic mass is 10.2. The van der Waals surface area contributed by atoms with Crippen LogP contribution in [-0.4, -0.2) is 21.8 Å². The summed E-state index contributed by atoms with van der Waals surface area (Å²) in [5.41, 5.74) is 1.15. The Kier molecular flexibility index (Phi) is 6.49. The quantitative estimate of drug-likeness (QED) is 0.736. The van der Waals surface area contributed by atoms with Crippen molar-refractivity contribution in [3.05, 3.63) is 23.2 Å². The van der Waals surface area contributed by atoms with Crippen LogP contribution in [0.4, 0.5) is 11.6 Å². The van der Waals surface area contributed by atoms with Crippen LogP contribution in [0.25, 0.3) is 11.0 Å². The summed E-state index contributed by atoms with van der Waals surface area (Å²) in [5, 5.41) is 5.95. The molecule has 0 aliphatic heterocycles. The molecule has 0 aliphatic rings. The lowest BCUT2D eigenvalue weighted by Crippen LogP contribution is -2.18. The van der Waals surface area contributed by atoms with Crippen LogP contribution in [-0.2, 0) is 9.59 Å². The van der Waals surface area contributed by atoms with Gasteiger partial charge in [-0.2, -0.15) is 0 Å². The molecule has 0 radical (unpaired) electrons. The van der Waals surface area contributed by atoms with Crippen molar-refractivity contribution in [1.82, 2.24) is 9.97 Å². The smallest absolute Gasteiger partial charge is 0.225 e. The maximum absolute atomic E-state index is 12.1. The van der Waals surface area contributed by atoms with E-state index in [2.05, 4.69) is 27.5 Å². The second kappa shape index (κ2) is 8.59. The Bertz CT molecular complexity index is 749. The molecule has 0 spiro atoms. The van der Waals surface area contributed by atoms with Gasteiger partial charge in [0.05, 0.1) is 11.0 Å². The summed E-state index contributed by atoms with van der Waals surface area (Å²) in [6, 6.07) is 5.09. The third kappa shape index (κ3) is 4.89. The third-order valence-electron chi connectivity index (χ3n) is 3.47. The highest BCUT2D eigenvalue weighted by molar-refractivity contribution is 6.31. The Hall–Kier alpha value is -2.21. The van der Waals surface area contributed by atoms with Gasteiger partial charge < -0.3 is 10.6 Å². The fourth-order valence-corrected chi connectivity index (χ4v) is 2.32. The van der Waals surface area contributed by atoms with E-state index in [-0.39, 0.29) is 23.5 Å². The summed E-state index contributed by atoms with van der Waals surface area (Å²) in [7, 11) is 0. The molecule has 1 heterocycles. The lowest BCUT2D eigenvalue weighted by Gasteiger charge is -2.12. The molecular weight excluding hydrogens is 328 g/mol. The number of amides is 2. The van der Waals surface area contributed by atoms with E-state index in [0.717, 1.165) is 19.3 Å². The summed E-state index contributed by atoms with van der Waals surface area (Å²) < 4.78 is 0.